The van der Waals surface area contributed by atoms with Crippen molar-refractivity contribution in [3.05, 3.63) is 58.9 Å². The van der Waals surface area contributed by atoms with Crippen LogP contribution < -0.4 is 5.32 Å². The second kappa shape index (κ2) is 9.86. The minimum atomic E-state index is -0.424. The summed E-state index contributed by atoms with van der Waals surface area (Å²) in [7, 11) is 0. The Morgan fingerprint density at radius 3 is 2.13 bits per heavy atom. The SMILES string of the molecule is CC(C)(C)c1cc(CCCSCC(=O)Nc2ccccc2F)cc(C(C)(C)C)c1O. The summed E-state index contributed by atoms with van der Waals surface area (Å²) < 4.78 is 13.6. The van der Waals surface area contributed by atoms with E-state index in [1.807, 2.05) is 0 Å². The smallest absolute Gasteiger partial charge is 0.234 e. The molecule has 0 radical (unpaired) electrons. The molecule has 30 heavy (non-hydrogen) atoms. The number of benzene rings is 2. The predicted molar refractivity (Wildman–Crippen MR) is 126 cm³/mol. The van der Waals surface area contributed by atoms with Crippen molar-refractivity contribution in [3.63, 3.8) is 0 Å². The maximum absolute atomic E-state index is 13.6. The normalized spacial score (nSPS) is 12.1. The highest BCUT2D eigenvalue weighted by Gasteiger charge is 2.26. The summed E-state index contributed by atoms with van der Waals surface area (Å²) in [6.45, 7) is 12.7. The van der Waals surface area contributed by atoms with E-state index >= 15 is 0 Å². The lowest BCUT2D eigenvalue weighted by molar-refractivity contribution is -0.113. The summed E-state index contributed by atoms with van der Waals surface area (Å²) in [5.41, 5.74) is 3.10. The van der Waals surface area contributed by atoms with Crippen LogP contribution in [0.5, 0.6) is 5.75 Å². The Balaban J connectivity index is 1.93. The molecule has 0 fully saturated rings. The van der Waals surface area contributed by atoms with Crippen LogP contribution >= 0.6 is 11.8 Å². The van der Waals surface area contributed by atoms with Gasteiger partial charge in [-0.05, 0) is 58.2 Å². The first-order valence-corrected chi connectivity index (χ1v) is 11.5. The molecule has 2 rings (SSSR count). The molecule has 0 saturated heterocycles. The summed E-state index contributed by atoms with van der Waals surface area (Å²) in [4.78, 5) is 12.0. The lowest BCUT2D eigenvalue weighted by atomic mass is 9.78. The quantitative estimate of drug-likeness (QED) is 0.497. The monoisotopic (exact) mass is 431 g/mol. The Bertz CT molecular complexity index is 846. The summed E-state index contributed by atoms with van der Waals surface area (Å²) in [6.07, 6.45) is 1.81. The molecule has 0 atom stereocenters. The van der Waals surface area contributed by atoms with Crippen LogP contribution in [0.2, 0.25) is 0 Å². The Kier molecular flexibility index (Phi) is 7.98. The Hall–Kier alpha value is -2.01. The van der Waals surface area contributed by atoms with Gasteiger partial charge in [-0.1, -0.05) is 65.8 Å². The molecule has 2 aromatic rings. The van der Waals surface area contributed by atoms with Crippen LogP contribution in [0.4, 0.5) is 10.1 Å². The Morgan fingerprint density at radius 1 is 1.03 bits per heavy atom. The van der Waals surface area contributed by atoms with Crippen molar-refractivity contribution in [2.75, 3.05) is 16.8 Å². The number of phenolic OH excluding ortho intramolecular Hbond substituents is 1. The van der Waals surface area contributed by atoms with Gasteiger partial charge in [-0.25, -0.2) is 4.39 Å². The van der Waals surface area contributed by atoms with E-state index in [4.69, 9.17) is 0 Å². The van der Waals surface area contributed by atoms with Crippen molar-refractivity contribution in [1.82, 2.24) is 0 Å². The number of hydrogen-bond acceptors (Lipinski definition) is 3. The van der Waals surface area contributed by atoms with Crippen LogP contribution in [-0.2, 0) is 22.0 Å². The highest BCUT2D eigenvalue weighted by molar-refractivity contribution is 7.99. The number of para-hydroxylation sites is 1. The fourth-order valence-corrected chi connectivity index (χ4v) is 4.02. The van der Waals surface area contributed by atoms with Gasteiger partial charge in [0.1, 0.15) is 11.6 Å². The van der Waals surface area contributed by atoms with Crippen molar-refractivity contribution >= 4 is 23.4 Å². The van der Waals surface area contributed by atoms with Crippen LogP contribution in [0, 0.1) is 5.82 Å². The molecular formula is C25H34FNO2S. The van der Waals surface area contributed by atoms with E-state index in [0.29, 0.717) is 11.5 Å². The van der Waals surface area contributed by atoms with E-state index < -0.39 is 5.82 Å². The van der Waals surface area contributed by atoms with Crippen molar-refractivity contribution < 1.29 is 14.3 Å². The molecule has 0 saturated carbocycles. The number of carbonyl (C=O) groups excluding carboxylic acids is 1. The third-order valence-corrected chi connectivity index (χ3v) is 5.96. The summed E-state index contributed by atoms with van der Waals surface area (Å²) in [5, 5.41) is 13.4. The van der Waals surface area contributed by atoms with Crippen molar-refractivity contribution in [2.24, 2.45) is 0 Å². The van der Waals surface area contributed by atoms with Crippen LogP contribution in [0.1, 0.15) is 64.7 Å². The molecule has 0 bridgehead atoms. The van der Waals surface area contributed by atoms with Gasteiger partial charge in [0.2, 0.25) is 5.91 Å². The largest absolute Gasteiger partial charge is 0.507 e. The first-order chi connectivity index (χ1) is 13.9. The number of hydrogen-bond donors (Lipinski definition) is 2. The molecule has 0 aliphatic carbocycles. The van der Waals surface area contributed by atoms with Gasteiger partial charge in [0.25, 0.3) is 0 Å². The zero-order valence-corrected chi connectivity index (χ0v) is 19.8. The Labute approximate surface area is 184 Å². The molecule has 2 aromatic carbocycles. The number of nitrogens with one attached hydrogen (secondary N) is 1. The molecule has 0 aliphatic heterocycles. The van der Waals surface area contributed by atoms with Crippen molar-refractivity contribution in [2.45, 2.75) is 65.2 Å². The van der Waals surface area contributed by atoms with E-state index in [-0.39, 0.29) is 22.4 Å². The van der Waals surface area contributed by atoms with Crippen LogP contribution in [-0.4, -0.2) is 22.5 Å². The zero-order chi connectivity index (χ0) is 22.5. The Morgan fingerprint density at radius 2 is 1.60 bits per heavy atom. The predicted octanol–water partition coefficient (Wildman–Crippen LogP) is 6.43. The lowest BCUT2D eigenvalue weighted by Crippen LogP contribution is -2.18. The maximum Gasteiger partial charge on any atom is 0.234 e. The molecule has 0 heterocycles. The second-order valence-corrected chi connectivity index (χ2v) is 10.8. The fourth-order valence-electron chi connectivity index (χ4n) is 3.27. The molecule has 0 unspecified atom stereocenters. The summed E-state index contributed by atoms with van der Waals surface area (Å²) in [6, 6.07) is 10.4. The molecule has 0 spiro atoms. The molecule has 0 aliphatic rings. The molecule has 164 valence electrons. The molecule has 5 heteroatoms. The number of phenols is 1. The number of rotatable bonds is 7. The maximum atomic E-state index is 13.6. The average molecular weight is 432 g/mol. The number of amides is 1. The number of aromatic hydroxyl groups is 1. The van der Waals surface area contributed by atoms with Gasteiger partial charge in [0.05, 0.1) is 11.4 Å². The third-order valence-electron chi connectivity index (χ3n) is 4.92. The number of aryl methyl sites for hydroxylation is 1. The van der Waals surface area contributed by atoms with Gasteiger partial charge >= 0.3 is 0 Å². The van der Waals surface area contributed by atoms with Crippen molar-refractivity contribution in [3.8, 4) is 5.75 Å². The van der Waals surface area contributed by atoms with E-state index in [1.165, 1.54) is 11.6 Å². The standard InChI is InChI=1S/C25H34FNO2S/c1-24(2,3)18-14-17(15-19(23(18)29)25(4,5)6)10-9-13-30-16-22(28)27-21-12-8-7-11-20(21)26/h7-8,11-12,14-15,29H,9-10,13,16H2,1-6H3,(H,27,28). The third kappa shape index (κ3) is 6.76. The van der Waals surface area contributed by atoms with E-state index in [0.717, 1.165) is 29.7 Å². The topological polar surface area (TPSA) is 49.3 Å². The first-order valence-electron chi connectivity index (χ1n) is 10.4. The van der Waals surface area contributed by atoms with Gasteiger partial charge in [-0.2, -0.15) is 11.8 Å². The molecule has 2 N–H and O–H groups in total. The number of anilines is 1. The number of thioether (sulfide) groups is 1. The lowest BCUT2D eigenvalue weighted by Gasteiger charge is -2.28. The van der Waals surface area contributed by atoms with E-state index in [9.17, 15) is 14.3 Å². The van der Waals surface area contributed by atoms with Crippen LogP contribution in [0.25, 0.3) is 0 Å². The summed E-state index contributed by atoms with van der Waals surface area (Å²) in [5.74, 6) is 0.913. The van der Waals surface area contributed by atoms with Gasteiger partial charge in [0.15, 0.2) is 0 Å². The van der Waals surface area contributed by atoms with Gasteiger partial charge in [-0.15, -0.1) is 0 Å². The van der Waals surface area contributed by atoms with E-state index in [2.05, 4.69) is 59.0 Å². The van der Waals surface area contributed by atoms with E-state index in [1.54, 1.807) is 30.0 Å². The highest BCUT2D eigenvalue weighted by atomic mass is 32.2. The van der Waals surface area contributed by atoms with Gasteiger partial charge in [0, 0.05) is 0 Å². The van der Waals surface area contributed by atoms with Gasteiger partial charge in [-0.3, -0.25) is 4.79 Å². The van der Waals surface area contributed by atoms with Gasteiger partial charge < -0.3 is 10.4 Å². The number of halogens is 1. The minimum Gasteiger partial charge on any atom is -0.507 e. The minimum absolute atomic E-state index is 0.139. The zero-order valence-electron chi connectivity index (χ0n) is 18.9. The average Bonchev–Trinajstić information content (AvgIpc) is 2.62. The second-order valence-electron chi connectivity index (χ2n) is 9.72. The molecule has 0 aromatic heterocycles. The van der Waals surface area contributed by atoms with Crippen molar-refractivity contribution in [1.29, 1.82) is 0 Å². The fraction of sp³-hybridized carbons (Fsp3) is 0.480. The molecular weight excluding hydrogens is 397 g/mol. The highest BCUT2D eigenvalue weighted by Crippen LogP contribution is 2.40. The van der Waals surface area contributed by atoms with Crippen LogP contribution in [0.3, 0.4) is 0 Å². The molecule has 3 nitrogen and oxygen atoms in total. The molecule has 1 amide bonds. The first kappa shape index (κ1) is 24.3. The number of carbonyl (C=O) groups is 1. The summed E-state index contributed by atoms with van der Waals surface area (Å²) >= 11 is 1.54. The van der Waals surface area contributed by atoms with Crippen LogP contribution in [0.15, 0.2) is 36.4 Å².